The summed E-state index contributed by atoms with van der Waals surface area (Å²) in [6.07, 6.45) is 1.26. The number of ether oxygens (including phenoxy) is 3. The van der Waals surface area contributed by atoms with Gasteiger partial charge in [0.1, 0.15) is 0 Å². The van der Waals surface area contributed by atoms with Crippen LogP contribution in [0.4, 0.5) is 0 Å². The maximum atomic E-state index is 12.4. The van der Waals surface area contributed by atoms with Crippen LogP contribution in [0.3, 0.4) is 0 Å². The quantitative estimate of drug-likeness (QED) is 0.833. The molecule has 2 aromatic carbocycles. The van der Waals surface area contributed by atoms with Crippen LogP contribution in [0.15, 0.2) is 42.5 Å². The second kappa shape index (κ2) is 8.10. The molecule has 1 heterocycles. The molecule has 6 heteroatoms. The first-order valence-electron chi connectivity index (χ1n) is 8.56. The lowest BCUT2D eigenvalue weighted by Crippen LogP contribution is -2.49. The van der Waals surface area contributed by atoms with E-state index in [-0.39, 0.29) is 17.9 Å². The van der Waals surface area contributed by atoms with Crippen LogP contribution in [0.5, 0.6) is 17.2 Å². The van der Waals surface area contributed by atoms with Gasteiger partial charge in [-0.3, -0.25) is 10.2 Å². The lowest BCUT2D eigenvalue weighted by atomic mass is 9.87. The van der Waals surface area contributed by atoms with E-state index in [4.69, 9.17) is 14.2 Å². The highest BCUT2D eigenvalue weighted by atomic mass is 16.5. The molecule has 26 heavy (non-hydrogen) atoms. The number of carbonyl (C=O) groups excluding carboxylic acids is 1. The summed E-state index contributed by atoms with van der Waals surface area (Å²) in [5, 5.41) is 0. The molecule has 2 N–H and O–H groups in total. The molecule has 1 fully saturated rings. The smallest absolute Gasteiger partial charge is 0.237 e. The molecule has 0 aliphatic carbocycles. The number of rotatable bonds is 6. The fraction of sp³-hybridized carbons (Fsp3) is 0.350. The molecule has 0 radical (unpaired) electrons. The normalized spacial score (nSPS) is 19.6. The molecule has 0 bridgehead atoms. The molecule has 2 aromatic rings. The van der Waals surface area contributed by atoms with Crippen molar-refractivity contribution in [1.82, 2.24) is 10.9 Å². The monoisotopic (exact) mass is 356 g/mol. The number of hydrazine groups is 1. The Morgan fingerprint density at radius 2 is 1.69 bits per heavy atom. The lowest BCUT2D eigenvalue weighted by Gasteiger charge is -2.31. The Balaban J connectivity index is 1.84. The number of carbonyl (C=O) groups is 1. The van der Waals surface area contributed by atoms with Crippen LogP contribution in [-0.2, 0) is 11.2 Å². The zero-order valence-electron chi connectivity index (χ0n) is 15.2. The van der Waals surface area contributed by atoms with Gasteiger partial charge >= 0.3 is 0 Å². The average molecular weight is 356 g/mol. The zero-order chi connectivity index (χ0) is 18.5. The Labute approximate surface area is 153 Å². The van der Waals surface area contributed by atoms with E-state index in [1.54, 1.807) is 21.3 Å². The van der Waals surface area contributed by atoms with Gasteiger partial charge in [0.15, 0.2) is 11.5 Å². The van der Waals surface area contributed by atoms with E-state index in [1.807, 2.05) is 30.3 Å². The second-order valence-corrected chi connectivity index (χ2v) is 6.23. The summed E-state index contributed by atoms with van der Waals surface area (Å²) in [6, 6.07) is 13.9. The third-order valence-electron chi connectivity index (χ3n) is 4.71. The van der Waals surface area contributed by atoms with Crippen LogP contribution in [-0.4, -0.2) is 27.2 Å². The predicted octanol–water partition coefficient (Wildman–Crippen LogP) is 2.64. The molecule has 6 nitrogen and oxygen atoms in total. The third-order valence-corrected chi connectivity index (χ3v) is 4.71. The minimum atomic E-state index is -0.173. The number of methoxy groups -OCH3 is 3. The molecule has 138 valence electrons. The van der Waals surface area contributed by atoms with Gasteiger partial charge in [0, 0.05) is 5.92 Å². The summed E-state index contributed by atoms with van der Waals surface area (Å²) in [5.41, 5.74) is 7.96. The summed E-state index contributed by atoms with van der Waals surface area (Å²) < 4.78 is 16.3. The highest BCUT2D eigenvalue weighted by molar-refractivity contribution is 5.79. The molecule has 0 saturated carbocycles. The van der Waals surface area contributed by atoms with E-state index in [2.05, 4.69) is 23.0 Å². The van der Waals surface area contributed by atoms with E-state index >= 15 is 0 Å². The van der Waals surface area contributed by atoms with Crippen molar-refractivity contribution >= 4 is 5.91 Å². The van der Waals surface area contributed by atoms with Crippen molar-refractivity contribution in [3.8, 4) is 17.2 Å². The van der Waals surface area contributed by atoms with E-state index in [0.29, 0.717) is 30.1 Å². The fourth-order valence-corrected chi connectivity index (χ4v) is 3.38. The maximum absolute atomic E-state index is 12.4. The van der Waals surface area contributed by atoms with Gasteiger partial charge in [0.25, 0.3) is 0 Å². The van der Waals surface area contributed by atoms with Crippen LogP contribution >= 0.6 is 0 Å². The molecule has 1 amide bonds. The molecule has 0 spiro atoms. The predicted molar refractivity (Wildman–Crippen MR) is 98.4 cm³/mol. The first-order chi connectivity index (χ1) is 12.7. The number of amides is 1. The van der Waals surface area contributed by atoms with Gasteiger partial charge in [-0.25, -0.2) is 5.43 Å². The van der Waals surface area contributed by atoms with Crippen molar-refractivity contribution in [2.45, 2.75) is 18.9 Å². The van der Waals surface area contributed by atoms with Crippen LogP contribution in [0, 0.1) is 5.92 Å². The summed E-state index contributed by atoms with van der Waals surface area (Å²) in [6.45, 7) is 0. The second-order valence-electron chi connectivity index (χ2n) is 6.23. The Bertz CT molecular complexity index is 764. The Hall–Kier alpha value is -2.73. The van der Waals surface area contributed by atoms with E-state index in [1.165, 1.54) is 0 Å². The maximum Gasteiger partial charge on any atom is 0.237 e. The van der Waals surface area contributed by atoms with Gasteiger partial charge < -0.3 is 14.2 Å². The molecule has 2 atom stereocenters. The topological polar surface area (TPSA) is 68.8 Å². The third kappa shape index (κ3) is 3.60. The lowest BCUT2D eigenvalue weighted by molar-refractivity contribution is -0.128. The Kier molecular flexibility index (Phi) is 5.63. The highest BCUT2D eigenvalue weighted by Gasteiger charge is 2.30. The number of nitrogens with one attached hydrogen (secondary N) is 2. The first kappa shape index (κ1) is 18.1. The fourth-order valence-electron chi connectivity index (χ4n) is 3.38. The molecule has 1 aliphatic heterocycles. The van der Waals surface area contributed by atoms with Crippen molar-refractivity contribution in [2.75, 3.05) is 21.3 Å². The molecular formula is C20H24N2O4. The highest BCUT2D eigenvalue weighted by Crippen LogP contribution is 2.41. The van der Waals surface area contributed by atoms with Crippen LogP contribution in [0.2, 0.25) is 0 Å². The van der Waals surface area contributed by atoms with Crippen LogP contribution in [0.1, 0.15) is 23.6 Å². The molecule has 2 unspecified atom stereocenters. The van der Waals surface area contributed by atoms with Gasteiger partial charge in [-0.15, -0.1) is 0 Å². The summed E-state index contributed by atoms with van der Waals surface area (Å²) in [4.78, 5) is 12.4. The molecule has 1 aliphatic rings. The summed E-state index contributed by atoms with van der Waals surface area (Å²) >= 11 is 0. The molecule has 0 aromatic heterocycles. The van der Waals surface area contributed by atoms with Gasteiger partial charge in [0.2, 0.25) is 11.7 Å². The van der Waals surface area contributed by atoms with Crippen LogP contribution in [0.25, 0.3) is 0 Å². The SMILES string of the molecule is COc1ccc(CC2CC(c3ccccc3)NNC2=O)c(OC)c1OC. The van der Waals surface area contributed by atoms with E-state index < -0.39 is 0 Å². The van der Waals surface area contributed by atoms with E-state index in [9.17, 15) is 4.79 Å². The molecule has 1 saturated heterocycles. The standard InChI is InChI=1S/C20H24N2O4/c1-24-17-10-9-14(18(25-2)19(17)26-3)11-15-12-16(21-22-20(15)23)13-7-5-4-6-8-13/h4-10,15-16,21H,11-12H2,1-3H3,(H,22,23). The first-order valence-corrected chi connectivity index (χ1v) is 8.56. The van der Waals surface area contributed by atoms with Gasteiger partial charge in [-0.1, -0.05) is 36.4 Å². The van der Waals surface area contributed by atoms with Crippen LogP contribution < -0.4 is 25.1 Å². The summed E-state index contributed by atoms with van der Waals surface area (Å²) in [5.74, 6) is 1.56. The number of benzene rings is 2. The minimum absolute atomic E-state index is 0.0194. The summed E-state index contributed by atoms with van der Waals surface area (Å²) in [7, 11) is 4.75. The number of hydrogen-bond donors (Lipinski definition) is 2. The van der Waals surface area contributed by atoms with E-state index in [0.717, 1.165) is 11.1 Å². The van der Waals surface area contributed by atoms with Crippen molar-refractivity contribution in [2.24, 2.45) is 5.92 Å². The number of hydrogen-bond acceptors (Lipinski definition) is 5. The minimum Gasteiger partial charge on any atom is -0.493 e. The van der Waals surface area contributed by atoms with Gasteiger partial charge in [0.05, 0.1) is 27.4 Å². The largest absolute Gasteiger partial charge is 0.493 e. The van der Waals surface area contributed by atoms with Gasteiger partial charge in [-0.05, 0) is 30.0 Å². The van der Waals surface area contributed by atoms with Crippen molar-refractivity contribution in [1.29, 1.82) is 0 Å². The molecule has 3 rings (SSSR count). The van der Waals surface area contributed by atoms with Gasteiger partial charge in [-0.2, -0.15) is 0 Å². The molecular weight excluding hydrogens is 332 g/mol. The van der Waals surface area contributed by atoms with Crippen molar-refractivity contribution in [3.05, 3.63) is 53.6 Å². The zero-order valence-corrected chi connectivity index (χ0v) is 15.2. The van der Waals surface area contributed by atoms with Crippen molar-refractivity contribution < 1.29 is 19.0 Å². The Morgan fingerprint density at radius 1 is 0.962 bits per heavy atom. The average Bonchev–Trinajstić information content (AvgIpc) is 2.69. The Morgan fingerprint density at radius 3 is 2.35 bits per heavy atom. The van der Waals surface area contributed by atoms with Crippen molar-refractivity contribution in [3.63, 3.8) is 0 Å².